The maximum Gasteiger partial charge on any atom is 1.00 e. The van der Waals surface area contributed by atoms with Gasteiger partial charge in [-0.3, -0.25) is 14.7 Å². The van der Waals surface area contributed by atoms with Crippen LogP contribution in [0, 0.1) is 0 Å². The second kappa shape index (κ2) is 10.2. The number of likely N-dealkylation sites (N-methyl/N-ethyl adjacent to an activating group) is 1. The van der Waals surface area contributed by atoms with Crippen LogP contribution < -0.4 is 67.1 Å². The van der Waals surface area contributed by atoms with Crippen LogP contribution in [-0.2, 0) is 25.9 Å². The first-order chi connectivity index (χ1) is 12.5. The summed E-state index contributed by atoms with van der Waals surface area (Å²) in [6.07, 6.45) is 3.28. The number of rotatable bonds is 5. The zero-order chi connectivity index (χ0) is 18.7. The third kappa shape index (κ3) is 5.22. The molecule has 1 N–H and O–H groups in total. The van der Waals surface area contributed by atoms with Crippen molar-refractivity contribution in [2.24, 2.45) is 4.99 Å². The third-order valence-electron chi connectivity index (χ3n) is 4.53. The van der Waals surface area contributed by atoms with E-state index in [4.69, 9.17) is 8.92 Å². The Balaban J connectivity index is 0.00000261. The van der Waals surface area contributed by atoms with Crippen molar-refractivity contribution < 1.29 is 77.0 Å². The SMILES string of the molecule is COc1cc(C=O)c(N=CC2Cc3ccc(O[S-])cc3CN2C)cc1O.[Rb+]. The van der Waals surface area contributed by atoms with Crippen LogP contribution in [0.5, 0.6) is 17.2 Å². The molecule has 3 rings (SSSR count). The molecule has 0 fully saturated rings. The van der Waals surface area contributed by atoms with Crippen LogP contribution in [0.2, 0.25) is 0 Å². The number of aldehydes is 1. The average Bonchev–Trinajstić information content (AvgIpc) is 2.65. The summed E-state index contributed by atoms with van der Waals surface area (Å²) in [5.41, 5.74) is 3.16. The van der Waals surface area contributed by atoms with Gasteiger partial charge in [-0.25, -0.2) is 0 Å². The van der Waals surface area contributed by atoms with Crippen molar-refractivity contribution in [1.29, 1.82) is 0 Å². The van der Waals surface area contributed by atoms with E-state index in [0.717, 1.165) is 13.0 Å². The Morgan fingerprint density at radius 1 is 1.30 bits per heavy atom. The minimum absolute atomic E-state index is 0. The van der Waals surface area contributed by atoms with Gasteiger partial charge in [0.1, 0.15) is 0 Å². The molecule has 27 heavy (non-hydrogen) atoms. The van der Waals surface area contributed by atoms with Crippen LogP contribution in [0.4, 0.5) is 5.69 Å². The zero-order valence-corrected chi connectivity index (χ0v) is 21.2. The van der Waals surface area contributed by atoms with Crippen LogP contribution in [-0.4, -0.2) is 42.7 Å². The number of phenolic OH excluding ortho intramolecular Hbond substituents is 1. The van der Waals surface area contributed by atoms with Crippen LogP contribution in [0.1, 0.15) is 21.5 Å². The van der Waals surface area contributed by atoms with Gasteiger partial charge in [-0.15, -0.1) is 0 Å². The molecule has 0 radical (unpaired) electrons. The minimum atomic E-state index is -0.0518. The van der Waals surface area contributed by atoms with Crippen molar-refractivity contribution in [2.75, 3.05) is 14.2 Å². The van der Waals surface area contributed by atoms with Crippen LogP contribution in [0.25, 0.3) is 0 Å². The molecule has 1 atom stereocenters. The van der Waals surface area contributed by atoms with Gasteiger partial charge in [0, 0.05) is 30.4 Å². The predicted octanol–water partition coefficient (Wildman–Crippen LogP) is -0.183. The van der Waals surface area contributed by atoms with E-state index < -0.39 is 0 Å². The van der Waals surface area contributed by atoms with E-state index in [1.54, 1.807) is 6.21 Å². The smallest absolute Gasteiger partial charge is 0.641 e. The number of methoxy groups -OCH3 is 1. The Hall–Kier alpha value is -0.705. The Kier molecular flexibility index (Phi) is 8.52. The summed E-state index contributed by atoms with van der Waals surface area (Å²) in [5, 5.41) is 9.93. The normalized spacial score (nSPS) is 16.5. The van der Waals surface area contributed by atoms with E-state index in [1.165, 1.54) is 30.4 Å². The molecule has 2 aromatic rings. The van der Waals surface area contributed by atoms with Crippen LogP contribution >= 0.6 is 0 Å². The summed E-state index contributed by atoms with van der Waals surface area (Å²) in [4.78, 5) is 17.9. The molecule has 1 unspecified atom stereocenters. The standard InChI is InChI=1S/C19H20N2O4S.Rb/c1-21-10-13-6-16(25-26)4-3-12(13)5-15(21)9-20-17-8-18(23)19(24-2)7-14(17)11-22;/h3-4,6-9,11,15,23,26H,5,10H2,1-2H3;/q;+1/p-1. The van der Waals surface area contributed by atoms with Gasteiger partial charge in [-0.2, -0.15) is 0 Å². The van der Waals surface area contributed by atoms with E-state index >= 15 is 0 Å². The average molecular weight is 457 g/mol. The number of carbonyl (C=O) groups is 1. The van der Waals surface area contributed by atoms with Gasteiger partial charge in [0.15, 0.2) is 17.8 Å². The molecule has 1 aliphatic heterocycles. The second-order valence-corrected chi connectivity index (χ2v) is 6.35. The maximum absolute atomic E-state index is 11.3. The topological polar surface area (TPSA) is 71.4 Å². The molecule has 1 heterocycles. The number of nitrogens with zero attached hydrogens (tertiary/aromatic N) is 2. The van der Waals surface area contributed by atoms with Gasteiger partial charge in [0.25, 0.3) is 0 Å². The van der Waals surface area contributed by atoms with Gasteiger partial charge in [0.2, 0.25) is 0 Å². The molecule has 0 amide bonds. The first-order valence-electron chi connectivity index (χ1n) is 8.08. The first kappa shape index (κ1) is 22.6. The molecule has 0 aromatic heterocycles. The summed E-state index contributed by atoms with van der Waals surface area (Å²) in [6, 6.07) is 8.81. The fraction of sp³-hybridized carbons (Fsp3) is 0.263. The van der Waals surface area contributed by atoms with Crippen molar-refractivity contribution in [2.45, 2.75) is 19.0 Å². The summed E-state index contributed by atoms with van der Waals surface area (Å²) < 4.78 is 9.90. The van der Waals surface area contributed by atoms with Crippen molar-refractivity contribution in [3.8, 4) is 17.2 Å². The number of hydrogen-bond donors (Lipinski definition) is 1. The van der Waals surface area contributed by atoms with E-state index in [9.17, 15) is 9.90 Å². The molecular weight excluding hydrogens is 438 g/mol. The number of carbonyl (C=O) groups excluding carboxylic acids is 1. The fourth-order valence-corrected chi connectivity index (χ4v) is 3.15. The second-order valence-electron chi connectivity index (χ2n) is 6.18. The van der Waals surface area contributed by atoms with E-state index in [2.05, 4.69) is 22.8 Å². The Morgan fingerprint density at radius 3 is 2.74 bits per heavy atom. The molecule has 136 valence electrons. The molecule has 0 spiro atoms. The third-order valence-corrected chi connectivity index (χ3v) is 4.72. The number of aliphatic imine (C=N–C) groups is 1. The summed E-state index contributed by atoms with van der Waals surface area (Å²) in [7, 11) is 3.44. The number of hydrogen-bond acceptors (Lipinski definition) is 7. The largest absolute Gasteiger partial charge is 1.00 e. The fourth-order valence-electron chi connectivity index (χ4n) is 3.04. The Morgan fingerprint density at radius 2 is 2.07 bits per heavy atom. The van der Waals surface area contributed by atoms with Gasteiger partial charge < -0.3 is 26.9 Å². The molecule has 6 nitrogen and oxygen atoms in total. The Labute approximate surface area is 213 Å². The predicted molar refractivity (Wildman–Crippen MR) is 102 cm³/mol. The van der Waals surface area contributed by atoms with Crippen molar-refractivity contribution in [3.63, 3.8) is 0 Å². The molecule has 0 saturated carbocycles. The van der Waals surface area contributed by atoms with E-state index in [0.29, 0.717) is 23.3 Å². The molecule has 0 aliphatic carbocycles. The van der Waals surface area contributed by atoms with E-state index in [1.807, 2.05) is 25.2 Å². The Bertz CT molecular complexity index is 860. The maximum atomic E-state index is 11.3. The van der Waals surface area contributed by atoms with Crippen molar-refractivity contribution in [3.05, 3.63) is 47.0 Å². The number of ether oxygens (including phenoxy) is 1. The summed E-state index contributed by atoms with van der Waals surface area (Å²) in [5.74, 6) is 0.863. The number of benzene rings is 2. The first-order valence-corrected chi connectivity index (χ1v) is 8.41. The van der Waals surface area contributed by atoms with Gasteiger partial charge >= 0.3 is 58.2 Å². The number of fused-ring (bicyclic) bond motifs is 1. The molecule has 8 heteroatoms. The van der Waals surface area contributed by atoms with Crippen molar-refractivity contribution >= 4 is 31.1 Å². The van der Waals surface area contributed by atoms with Gasteiger partial charge in [-0.05, 0) is 42.8 Å². The van der Waals surface area contributed by atoms with Crippen LogP contribution in [0.3, 0.4) is 0 Å². The minimum Gasteiger partial charge on any atom is -0.641 e. The van der Waals surface area contributed by atoms with Crippen LogP contribution in [0.15, 0.2) is 35.3 Å². The van der Waals surface area contributed by atoms with E-state index in [-0.39, 0.29) is 75.7 Å². The van der Waals surface area contributed by atoms with Crippen molar-refractivity contribution in [1.82, 2.24) is 4.90 Å². The summed E-state index contributed by atoms with van der Waals surface area (Å²) >= 11 is 4.63. The molecule has 0 bridgehead atoms. The molecule has 2 aromatic carbocycles. The molecule has 0 saturated heterocycles. The quantitative estimate of drug-likeness (QED) is 0.382. The van der Waals surface area contributed by atoms with Gasteiger partial charge in [-0.1, -0.05) is 6.07 Å². The number of aromatic hydroxyl groups is 1. The zero-order valence-electron chi connectivity index (χ0n) is 15.5. The molecule has 1 aliphatic rings. The molecular formula is C19H19N2O4RbS. The summed E-state index contributed by atoms with van der Waals surface area (Å²) in [6.45, 7) is 0.743. The monoisotopic (exact) mass is 456 g/mol. The number of phenols is 1. The van der Waals surface area contributed by atoms with Gasteiger partial charge in [0.05, 0.1) is 18.5 Å².